The van der Waals surface area contributed by atoms with E-state index in [2.05, 4.69) is 17.9 Å². The Morgan fingerprint density at radius 2 is 1.83 bits per heavy atom. The summed E-state index contributed by atoms with van der Waals surface area (Å²) in [4.78, 5) is 18.2. The van der Waals surface area contributed by atoms with Gasteiger partial charge in [0.2, 0.25) is 0 Å². The van der Waals surface area contributed by atoms with Gasteiger partial charge in [0.05, 0.1) is 5.56 Å². The van der Waals surface area contributed by atoms with Gasteiger partial charge in [0.25, 0.3) is 5.91 Å². The predicted octanol–water partition coefficient (Wildman–Crippen LogP) is 4.41. The van der Waals surface area contributed by atoms with Crippen LogP contribution in [0.15, 0.2) is 53.4 Å². The molecule has 24 heavy (non-hydrogen) atoms. The highest BCUT2D eigenvalue weighted by Gasteiger charge is 2.23. The second-order valence-corrected chi connectivity index (χ2v) is 7.43. The smallest absolute Gasteiger partial charge is 0.255 e. The van der Waals surface area contributed by atoms with Crippen molar-refractivity contribution >= 4 is 35.0 Å². The summed E-state index contributed by atoms with van der Waals surface area (Å²) in [5.74, 6) is 1.10. The van der Waals surface area contributed by atoms with Crippen molar-refractivity contribution in [2.24, 2.45) is 0 Å². The Morgan fingerprint density at radius 3 is 2.54 bits per heavy atom. The van der Waals surface area contributed by atoms with Gasteiger partial charge >= 0.3 is 0 Å². The van der Waals surface area contributed by atoms with E-state index in [0.29, 0.717) is 0 Å². The highest BCUT2D eigenvalue weighted by molar-refractivity contribution is 7.99. The third-order valence-corrected chi connectivity index (χ3v) is 5.35. The Balaban J connectivity index is 1.67. The minimum absolute atomic E-state index is 0.136. The van der Waals surface area contributed by atoms with Crippen LogP contribution in [0.3, 0.4) is 0 Å². The van der Waals surface area contributed by atoms with E-state index in [1.54, 1.807) is 11.8 Å². The molecule has 126 valence electrons. The molecule has 1 fully saturated rings. The molecule has 0 radical (unpaired) electrons. The molecular weight excluding hydrogens is 340 g/mol. The largest absolute Gasteiger partial charge is 0.368 e. The Hall–Kier alpha value is -1.65. The van der Waals surface area contributed by atoms with Crippen LogP contribution in [0.2, 0.25) is 5.02 Å². The summed E-state index contributed by atoms with van der Waals surface area (Å²) in [7, 11) is 0. The lowest BCUT2D eigenvalue weighted by Crippen LogP contribution is -2.48. The van der Waals surface area contributed by atoms with Crippen LogP contribution in [0, 0.1) is 0 Å². The Morgan fingerprint density at radius 1 is 1.08 bits per heavy atom. The minimum atomic E-state index is 0.136. The topological polar surface area (TPSA) is 23.6 Å². The molecule has 5 heteroatoms. The summed E-state index contributed by atoms with van der Waals surface area (Å²) >= 11 is 7.80. The Kier molecular flexibility index (Phi) is 5.69. The fourth-order valence-corrected chi connectivity index (χ4v) is 3.92. The fraction of sp³-hybridized carbons (Fsp3) is 0.316. The highest BCUT2D eigenvalue weighted by Crippen LogP contribution is 2.25. The molecule has 3 nitrogen and oxygen atoms in total. The van der Waals surface area contributed by atoms with Gasteiger partial charge in [-0.2, -0.15) is 0 Å². The second-order valence-electron chi connectivity index (χ2n) is 5.69. The molecule has 0 atom stereocenters. The average molecular weight is 361 g/mol. The number of hydrogen-bond acceptors (Lipinski definition) is 3. The molecule has 2 aromatic carbocycles. The van der Waals surface area contributed by atoms with Gasteiger partial charge in [-0.15, -0.1) is 11.8 Å². The summed E-state index contributed by atoms with van der Waals surface area (Å²) in [5.41, 5.74) is 1.94. The molecule has 0 saturated carbocycles. The monoisotopic (exact) mass is 360 g/mol. The summed E-state index contributed by atoms with van der Waals surface area (Å²) in [6.07, 6.45) is 0. The van der Waals surface area contributed by atoms with E-state index in [1.807, 2.05) is 47.4 Å². The van der Waals surface area contributed by atoms with Crippen LogP contribution in [0.1, 0.15) is 17.3 Å². The first-order valence-electron chi connectivity index (χ1n) is 8.20. The molecule has 1 aliphatic rings. The van der Waals surface area contributed by atoms with Crippen molar-refractivity contribution in [2.45, 2.75) is 11.8 Å². The predicted molar refractivity (Wildman–Crippen MR) is 102 cm³/mol. The van der Waals surface area contributed by atoms with Crippen LogP contribution in [0.5, 0.6) is 0 Å². The first kappa shape index (κ1) is 17.2. The molecule has 1 heterocycles. The average Bonchev–Trinajstić information content (AvgIpc) is 2.62. The molecule has 0 aliphatic carbocycles. The van der Waals surface area contributed by atoms with E-state index in [9.17, 15) is 4.79 Å². The lowest BCUT2D eigenvalue weighted by atomic mass is 10.1. The third-order valence-electron chi connectivity index (χ3n) is 4.16. The van der Waals surface area contributed by atoms with Gasteiger partial charge in [0.15, 0.2) is 0 Å². The van der Waals surface area contributed by atoms with Crippen molar-refractivity contribution in [3.05, 3.63) is 59.1 Å². The van der Waals surface area contributed by atoms with Crippen LogP contribution in [0.25, 0.3) is 0 Å². The van der Waals surface area contributed by atoms with E-state index < -0.39 is 0 Å². The van der Waals surface area contributed by atoms with Crippen molar-refractivity contribution in [3.8, 4) is 0 Å². The SMILES string of the molecule is CCSc1ccccc1C(=O)N1CCN(c2cccc(Cl)c2)CC1. The molecule has 1 aliphatic heterocycles. The standard InChI is InChI=1S/C19H21ClN2OS/c1-2-24-18-9-4-3-8-17(18)19(23)22-12-10-21(11-13-22)16-7-5-6-15(20)14-16/h3-9,14H,2,10-13H2,1H3. The lowest BCUT2D eigenvalue weighted by molar-refractivity contribution is 0.0743. The van der Waals surface area contributed by atoms with Crippen molar-refractivity contribution in [3.63, 3.8) is 0 Å². The number of hydrogen-bond donors (Lipinski definition) is 0. The summed E-state index contributed by atoms with van der Waals surface area (Å²) in [6, 6.07) is 15.8. The third kappa shape index (κ3) is 3.87. The van der Waals surface area contributed by atoms with Gasteiger partial charge in [-0.05, 0) is 36.1 Å². The summed E-state index contributed by atoms with van der Waals surface area (Å²) in [6.45, 7) is 5.23. The fourth-order valence-electron chi connectivity index (χ4n) is 2.94. The number of carbonyl (C=O) groups excluding carboxylic acids is 1. The van der Waals surface area contributed by atoms with Crippen LogP contribution >= 0.6 is 23.4 Å². The Bertz CT molecular complexity index is 714. The molecule has 0 spiro atoms. The highest BCUT2D eigenvalue weighted by atomic mass is 35.5. The van der Waals surface area contributed by atoms with Crippen molar-refractivity contribution < 1.29 is 4.79 Å². The molecule has 0 aromatic heterocycles. The number of nitrogens with zero attached hydrogens (tertiary/aromatic N) is 2. The number of piperazine rings is 1. The number of benzene rings is 2. The zero-order valence-electron chi connectivity index (χ0n) is 13.7. The van der Waals surface area contributed by atoms with Crippen molar-refractivity contribution in [2.75, 3.05) is 36.8 Å². The molecule has 1 saturated heterocycles. The number of thioether (sulfide) groups is 1. The number of rotatable bonds is 4. The van der Waals surface area contributed by atoms with Gasteiger partial charge in [0.1, 0.15) is 0 Å². The second kappa shape index (κ2) is 7.95. The van der Waals surface area contributed by atoms with E-state index in [4.69, 9.17) is 11.6 Å². The molecule has 0 bridgehead atoms. The number of amides is 1. The molecule has 1 amide bonds. The maximum Gasteiger partial charge on any atom is 0.255 e. The maximum absolute atomic E-state index is 12.9. The number of anilines is 1. The molecule has 0 unspecified atom stereocenters. The molecule has 0 N–H and O–H groups in total. The molecule has 3 rings (SSSR count). The van der Waals surface area contributed by atoms with E-state index in [1.165, 1.54) is 0 Å². The summed E-state index contributed by atoms with van der Waals surface area (Å²) in [5, 5.41) is 0.747. The Labute approximate surface area is 152 Å². The minimum Gasteiger partial charge on any atom is -0.368 e. The van der Waals surface area contributed by atoms with Crippen LogP contribution in [-0.4, -0.2) is 42.7 Å². The maximum atomic E-state index is 12.9. The van der Waals surface area contributed by atoms with Gasteiger partial charge in [-0.1, -0.05) is 36.7 Å². The van der Waals surface area contributed by atoms with Crippen LogP contribution in [-0.2, 0) is 0 Å². The van der Waals surface area contributed by atoms with Crippen LogP contribution in [0.4, 0.5) is 5.69 Å². The van der Waals surface area contributed by atoms with E-state index >= 15 is 0 Å². The zero-order valence-corrected chi connectivity index (χ0v) is 15.3. The van der Waals surface area contributed by atoms with Gasteiger partial charge in [-0.25, -0.2) is 0 Å². The van der Waals surface area contributed by atoms with Gasteiger partial charge < -0.3 is 9.80 Å². The van der Waals surface area contributed by atoms with Crippen molar-refractivity contribution in [1.82, 2.24) is 4.90 Å². The quantitative estimate of drug-likeness (QED) is 0.754. The van der Waals surface area contributed by atoms with Gasteiger partial charge in [0, 0.05) is 41.8 Å². The summed E-state index contributed by atoms with van der Waals surface area (Å²) < 4.78 is 0. The van der Waals surface area contributed by atoms with E-state index in [-0.39, 0.29) is 5.91 Å². The van der Waals surface area contributed by atoms with Crippen LogP contribution < -0.4 is 4.90 Å². The van der Waals surface area contributed by atoms with Crippen molar-refractivity contribution in [1.29, 1.82) is 0 Å². The molecule has 2 aromatic rings. The van der Waals surface area contributed by atoms with Gasteiger partial charge in [-0.3, -0.25) is 4.79 Å². The zero-order chi connectivity index (χ0) is 16.9. The molecular formula is C19H21ClN2OS. The first-order chi connectivity index (χ1) is 11.7. The first-order valence-corrected chi connectivity index (χ1v) is 9.57. The lowest BCUT2D eigenvalue weighted by Gasteiger charge is -2.36. The number of carbonyl (C=O) groups is 1. The normalized spacial score (nSPS) is 14.8. The van der Waals surface area contributed by atoms with E-state index in [0.717, 1.165) is 53.1 Å². The number of halogens is 1.